The summed E-state index contributed by atoms with van der Waals surface area (Å²) in [5.74, 6) is 0.564. The van der Waals surface area contributed by atoms with E-state index in [-0.39, 0.29) is 5.91 Å². The number of methoxy groups -OCH3 is 1. The van der Waals surface area contributed by atoms with Crippen LogP contribution in [-0.2, 0) is 7.05 Å². The third kappa shape index (κ3) is 2.41. The van der Waals surface area contributed by atoms with E-state index in [1.807, 2.05) is 4.90 Å². The molecule has 6 nitrogen and oxygen atoms in total. The summed E-state index contributed by atoms with van der Waals surface area (Å²) < 4.78 is 6.67. The Hall–Kier alpha value is -1.56. The number of hydrogen-bond donors (Lipinski definition) is 1. The molecule has 1 amide bonds. The number of amides is 1. The number of aromatic nitrogens is 2. The molecule has 94 valence electrons. The highest BCUT2D eigenvalue weighted by atomic mass is 16.5. The maximum absolute atomic E-state index is 12.2. The number of carbonyl (C=O) groups excluding carboxylic acids is 1. The Labute approximate surface area is 101 Å². The Morgan fingerprint density at radius 1 is 1.65 bits per heavy atom. The van der Waals surface area contributed by atoms with Gasteiger partial charge in [-0.15, -0.1) is 0 Å². The molecule has 0 radical (unpaired) electrons. The zero-order valence-corrected chi connectivity index (χ0v) is 10.4. The number of piperazine rings is 1. The first-order valence-electron chi connectivity index (χ1n) is 5.72. The van der Waals surface area contributed by atoms with Gasteiger partial charge >= 0.3 is 0 Å². The fraction of sp³-hybridized carbons (Fsp3) is 0.636. The van der Waals surface area contributed by atoms with Gasteiger partial charge in [0.2, 0.25) is 5.88 Å². The van der Waals surface area contributed by atoms with Crippen molar-refractivity contribution in [2.75, 3.05) is 26.7 Å². The lowest BCUT2D eigenvalue weighted by atomic mass is 10.2. The maximum atomic E-state index is 12.2. The Morgan fingerprint density at radius 2 is 2.41 bits per heavy atom. The lowest BCUT2D eigenvalue weighted by Crippen LogP contribution is -2.51. The van der Waals surface area contributed by atoms with E-state index >= 15 is 0 Å². The van der Waals surface area contributed by atoms with Gasteiger partial charge in [0.25, 0.3) is 5.91 Å². The molecule has 0 aromatic carbocycles. The molecular weight excluding hydrogens is 220 g/mol. The van der Waals surface area contributed by atoms with Gasteiger partial charge in [0, 0.05) is 38.8 Å². The maximum Gasteiger partial charge on any atom is 0.274 e. The molecule has 0 saturated carbocycles. The summed E-state index contributed by atoms with van der Waals surface area (Å²) in [6.45, 7) is 4.34. The van der Waals surface area contributed by atoms with Crippen LogP contribution in [0.5, 0.6) is 5.88 Å². The van der Waals surface area contributed by atoms with Crippen molar-refractivity contribution in [3.8, 4) is 5.88 Å². The van der Waals surface area contributed by atoms with Crippen molar-refractivity contribution in [3.63, 3.8) is 0 Å². The molecule has 0 bridgehead atoms. The van der Waals surface area contributed by atoms with Crippen molar-refractivity contribution in [3.05, 3.63) is 11.8 Å². The van der Waals surface area contributed by atoms with E-state index in [0.717, 1.165) is 19.6 Å². The monoisotopic (exact) mass is 238 g/mol. The van der Waals surface area contributed by atoms with Crippen molar-refractivity contribution in [1.29, 1.82) is 0 Å². The van der Waals surface area contributed by atoms with Crippen molar-refractivity contribution in [2.45, 2.75) is 13.0 Å². The Bertz CT molecular complexity index is 416. The van der Waals surface area contributed by atoms with Gasteiger partial charge in [0.05, 0.1) is 7.11 Å². The SMILES string of the molecule is COc1cc(C(=O)N2CCN[C@@H](C)C2)nn1C. The highest BCUT2D eigenvalue weighted by Gasteiger charge is 2.24. The Morgan fingerprint density at radius 3 is 3.00 bits per heavy atom. The number of carbonyl (C=O) groups is 1. The van der Waals surface area contributed by atoms with Crippen LogP contribution in [0.3, 0.4) is 0 Å². The van der Waals surface area contributed by atoms with E-state index in [2.05, 4.69) is 17.3 Å². The Kier molecular flexibility index (Phi) is 3.33. The molecule has 6 heteroatoms. The fourth-order valence-corrected chi connectivity index (χ4v) is 2.02. The van der Waals surface area contributed by atoms with Gasteiger partial charge in [-0.05, 0) is 6.92 Å². The molecule has 0 spiro atoms. The lowest BCUT2D eigenvalue weighted by molar-refractivity contribution is 0.0702. The van der Waals surface area contributed by atoms with Crippen molar-refractivity contribution in [2.24, 2.45) is 7.05 Å². The molecule has 1 N–H and O–H groups in total. The summed E-state index contributed by atoms with van der Waals surface area (Å²) in [6, 6.07) is 2.01. The van der Waals surface area contributed by atoms with Crippen LogP contribution in [0.2, 0.25) is 0 Å². The minimum Gasteiger partial charge on any atom is -0.481 e. The number of rotatable bonds is 2. The van der Waals surface area contributed by atoms with Crippen LogP contribution < -0.4 is 10.1 Å². The average molecular weight is 238 g/mol. The first-order valence-corrected chi connectivity index (χ1v) is 5.72. The van der Waals surface area contributed by atoms with Gasteiger partial charge in [0.1, 0.15) is 0 Å². The normalized spacial score (nSPS) is 20.4. The summed E-state index contributed by atoms with van der Waals surface area (Å²) >= 11 is 0. The predicted molar refractivity (Wildman–Crippen MR) is 63.1 cm³/mol. The predicted octanol–water partition coefficient (Wildman–Crippen LogP) is -0.137. The van der Waals surface area contributed by atoms with Gasteiger partial charge in [-0.1, -0.05) is 0 Å². The first-order chi connectivity index (χ1) is 8.11. The second kappa shape index (κ2) is 4.75. The standard InChI is InChI=1S/C11H18N4O2/c1-8-7-15(5-4-12-8)11(16)9-6-10(17-3)14(2)13-9/h6,8,12H,4-5,7H2,1-3H3/t8-/m0/s1. The Balaban J connectivity index is 2.13. The van der Waals surface area contributed by atoms with E-state index in [1.165, 1.54) is 0 Å². The van der Waals surface area contributed by atoms with Crippen LogP contribution in [0.25, 0.3) is 0 Å². The van der Waals surface area contributed by atoms with Gasteiger partial charge in [-0.3, -0.25) is 4.79 Å². The van der Waals surface area contributed by atoms with Crippen LogP contribution in [0, 0.1) is 0 Å². The molecule has 2 rings (SSSR count). The third-order valence-electron chi connectivity index (χ3n) is 2.92. The van der Waals surface area contributed by atoms with Gasteiger partial charge in [0.15, 0.2) is 5.69 Å². The van der Waals surface area contributed by atoms with Crippen LogP contribution >= 0.6 is 0 Å². The molecular formula is C11H18N4O2. The molecule has 2 heterocycles. The zero-order chi connectivity index (χ0) is 12.4. The number of ether oxygens (including phenoxy) is 1. The topological polar surface area (TPSA) is 59.4 Å². The second-order valence-corrected chi connectivity index (χ2v) is 4.30. The minimum atomic E-state index is -0.0303. The van der Waals surface area contributed by atoms with Crippen LogP contribution in [0.1, 0.15) is 17.4 Å². The molecule has 1 aliphatic rings. The first kappa shape index (κ1) is 11.9. The van der Waals surface area contributed by atoms with Crippen LogP contribution in [0.4, 0.5) is 0 Å². The minimum absolute atomic E-state index is 0.0303. The molecule has 1 atom stereocenters. The van der Waals surface area contributed by atoms with Crippen LogP contribution in [0.15, 0.2) is 6.07 Å². The number of nitrogens with zero attached hydrogens (tertiary/aromatic N) is 3. The van der Waals surface area contributed by atoms with Gasteiger partial charge < -0.3 is 15.0 Å². The van der Waals surface area contributed by atoms with E-state index in [9.17, 15) is 4.79 Å². The van der Waals surface area contributed by atoms with Gasteiger partial charge in [-0.2, -0.15) is 5.10 Å². The van der Waals surface area contributed by atoms with Crippen molar-refractivity contribution in [1.82, 2.24) is 20.0 Å². The quantitative estimate of drug-likeness (QED) is 0.779. The third-order valence-corrected chi connectivity index (χ3v) is 2.92. The zero-order valence-electron chi connectivity index (χ0n) is 10.4. The van der Waals surface area contributed by atoms with E-state index in [4.69, 9.17) is 4.74 Å². The van der Waals surface area contributed by atoms with E-state index in [0.29, 0.717) is 17.6 Å². The van der Waals surface area contributed by atoms with Crippen molar-refractivity contribution >= 4 is 5.91 Å². The number of hydrogen-bond acceptors (Lipinski definition) is 4. The molecule has 0 aliphatic carbocycles. The molecule has 1 fully saturated rings. The molecule has 1 aromatic heterocycles. The lowest BCUT2D eigenvalue weighted by Gasteiger charge is -2.31. The average Bonchev–Trinajstić information content (AvgIpc) is 2.69. The summed E-state index contributed by atoms with van der Waals surface area (Å²) in [4.78, 5) is 14.0. The fourth-order valence-electron chi connectivity index (χ4n) is 2.02. The summed E-state index contributed by atoms with van der Waals surface area (Å²) in [5, 5.41) is 7.46. The highest BCUT2D eigenvalue weighted by Crippen LogP contribution is 2.13. The summed E-state index contributed by atoms with van der Waals surface area (Å²) in [5.41, 5.74) is 0.443. The molecule has 0 unspecified atom stereocenters. The van der Waals surface area contributed by atoms with Crippen molar-refractivity contribution < 1.29 is 9.53 Å². The number of aryl methyl sites for hydroxylation is 1. The summed E-state index contributed by atoms with van der Waals surface area (Å²) in [6.07, 6.45) is 0. The molecule has 1 aromatic rings. The van der Waals surface area contributed by atoms with E-state index in [1.54, 1.807) is 24.9 Å². The summed E-state index contributed by atoms with van der Waals surface area (Å²) in [7, 11) is 3.33. The second-order valence-electron chi connectivity index (χ2n) is 4.30. The largest absolute Gasteiger partial charge is 0.481 e. The molecule has 17 heavy (non-hydrogen) atoms. The molecule has 1 saturated heterocycles. The molecule has 1 aliphatic heterocycles. The van der Waals surface area contributed by atoms with Gasteiger partial charge in [-0.25, -0.2) is 4.68 Å². The smallest absolute Gasteiger partial charge is 0.274 e. The van der Waals surface area contributed by atoms with E-state index < -0.39 is 0 Å². The van der Waals surface area contributed by atoms with Crippen LogP contribution in [-0.4, -0.2) is 53.4 Å². The highest BCUT2D eigenvalue weighted by molar-refractivity contribution is 5.92. The number of nitrogens with one attached hydrogen (secondary N) is 1.